The molecule has 2 unspecified atom stereocenters. The summed E-state index contributed by atoms with van der Waals surface area (Å²) < 4.78 is 0. The first-order chi connectivity index (χ1) is 9.95. The monoisotopic (exact) mass is 292 g/mol. The van der Waals surface area contributed by atoms with E-state index >= 15 is 0 Å². The summed E-state index contributed by atoms with van der Waals surface area (Å²) in [5.74, 6) is 5.03. The molecule has 0 spiro atoms. The predicted octanol–water partition coefficient (Wildman–Crippen LogP) is 2.28. The number of hydrogen-bond donors (Lipinski definition) is 2. The van der Waals surface area contributed by atoms with Gasteiger partial charge in [0.1, 0.15) is 5.56 Å². The number of likely N-dealkylation sites (tertiary alicyclic amines) is 1. The summed E-state index contributed by atoms with van der Waals surface area (Å²) in [6.45, 7) is 3.95. The Morgan fingerprint density at radius 2 is 2.00 bits per heavy atom. The molecule has 2 atom stereocenters. The number of nitro benzene ring substituents is 1. The van der Waals surface area contributed by atoms with E-state index in [2.05, 4.69) is 5.43 Å². The molecule has 1 aromatic carbocycles. The first kappa shape index (κ1) is 15.2. The number of benzene rings is 1. The number of hydrogen-bond acceptors (Lipinski definition) is 5. The number of carbonyl (C=O) groups excluding carboxylic acids is 1. The van der Waals surface area contributed by atoms with E-state index in [1.807, 2.05) is 13.8 Å². The zero-order chi connectivity index (χ0) is 15.6. The van der Waals surface area contributed by atoms with Crippen LogP contribution in [0.3, 0.4) is 0 Å². The number of carbonyl (C=O) groups is 1. The Morgan fingerprint density at radius 1 is 1.38 bits per heavy atom. The fourth-order valence-electron chi connectivity index (χ4n) is 2.92. The van der Waals surface area contributed by atoms with Gasteiger partial charge in [-0.2, -0.15) is 0 Å². The largest absolute Gasteiger partial charge is 0.333 e. The van der Waals surface area contributed by atoms with E-state index in [0.717, 1.165) is 19.3 Å². The summed E-state index contributed by atoms with van der Waals surface area (Å²) in [5, 5.41) is 11.2. The van der Waals surface area contributed by atoms with Crippen molar-refractivity contribution >= 4 is 17.3 Å². The molecule has 0 aromatic heterocycles. The van der Waals surface area contributed by atoms with Crippen LogP contribution in [0.15, 0.2) is 18.2 Å². The zero-order valence-electron chi connectivity index (χ0n) is 12.2. The SMILES string of the molecule is CC1CCCC(C)N1C(=O)c1cc(NN)ccc1[N+](=O)[O-]. The Labute approximate surface area is 123 Å². The molecule has 7 nitrogen and oxygen atoms in total. The quantitative estimate of drug-likeness (QED) is 0.505. The number of rotatable bonds is 3. The molecular weight excluding hydrogens is 272 g/mol. The highest BCUT2D eigenvalue weighted by molar-refractivity contribution is 5.99. The molecule has 0 bridgehead atoms. The minimum atomic E-state index is -0.535. The molecule has 1 fully saturated rings. The maximum atomic E-state index is 12.8. The minimum Gasteiger partial charge on any atom is -0.333 e. The lowest BCUT2D eigenvalue weighted by Gasteiger charge is -2.39. The third kappa shape index (κ3) is 2.97. The van der Waals surface area contributed by atoms with E-state index in [9.17, 15) is 14.9 Å². The maximum absolute atomic E-state index is 12.8. The summed E-state index contributed by atoms with van der Waals surface area (Å²) in [6.07, 6.45) is 2.90. The number of nitrogens with zero attached hydrogens (tertiary/aromatic N) is 2. The van der Waals surface area contributed by atoms with Crippen molar-refractivity contribution in [2.75, 3.05) is 5.43 Å². The second-order valence-corrected chi connectivity index (χ2v) is 5.47. The third-order valence-electron chi connectivity index (χ3n) is 4.02. The van der Waals surface area contributed by atoms with Gasteiger partial charge in [0, 0.05) is 23.8 Å². The molecule has 0 saturated carbocycles. The van der Waals surface area contributed by atoms with Gasteiger partial charge in [0.25, 0.3) is 11.6 Å². The highest BCUT2D eigenvalue weighted by Gasteiger charge is 2.33. The van der Waals surface area contributed by atoms with Gasteiger partial charge in [-0.1, -0.05) is 0 Å². The molecule has 1 heterocycles. The van der Waals surface area contributed by atoms with Crippen molar-refractivity contribution in [3.63, 3.8) is 0 Å². The molecule has 114 valence electrons. The highest BCUT2D eigenvalue weighted by atomic mass is 16.6. The first-order valence-electron chi connectivity index (χ1n) is 7.03. The van der Waals surface area contributed by atoms with Crippen LogP contribution in [0, 0.1) is 10.1 Å². The van der Waals surface area contributed by atoms with Gasteiger partial charge in [-0.25, -0.2) is 0 Å². The number of anilines is 1. The van der Waals surface area contributed by atoms with Crippen LogP contribution < -0.4 is 11.3 Å². The van der Waals surface area contributed by atoms with Crippen LogP contribution in [0.4, 0.5) is 11.4 Å². The molecule has 2 rings (SSSR count). The van der Waals surface area contributed by atoms with Crippen molar-refractivity contribution in [1.29, 1.82) is 0 Å². The molecule has 0 aliphatic carbocycles. The molecule has 1 amide bonds. The van der Waals surface area contributed by atoms with E-state index < -0.39 is 4.92 Å². The van der Waals surface area contributed by atoms with Gasteiger partial charge in [-0.15, -0.1) is 0 Å². The molecular formula is C14H20N4O3. The van der Waals surface area contributed by atoms with Gasteiger partial charge >= 0.3 is 0 Å². The van der Waals surface area contributed by atoms with E-state index in [1.165, 1.54) is 18.2 Å². The molecule has 1 aromatic rings. The van der Waals surface area contributed by atoms with Crippen LogP contribution in [0.25, 0.3) is 0 Å². The molecule has 7 heteroatoms. The summed E-state index contributed by atoms with van der Waals surface area (Å²) in [5.41, 5.74) is 2.78. The second kappa shape index (κ2) is 6.09. The molecule has 1 saturated heterocycles. The lowest BCUT2D eigenvalue weighted by molar-refractivity contribution is -0.385. The predicted molar refractivity (Wildman–Crippen MR) is 79.9 cm³/mol. The van der Waals surface area contributed by atoms with E-state index in [0.29, 0.717) is 5.69 Å². The van der Waals surface area contributed by atoms with Gasteiger partial charge in [0.05, 0.1) is 4.92 Å². The Morgan fingerprint density at radius 3 is 2.52 bits per heavy atom. The van der Waals surface area contributed by atoms with Gasteiger partial charge < -0.3 is 10.3 Å². The summed E-state index contributed by atoms with van der Waals surface area (Å²) in [4.78, 5) is 25.1. The standard InChI is InChI=1S/C14H20N4O3/c1-9-4-3-5-10(2)17(9)14(19)12-8-11(16-15)6-7-13(12)18(20)21/h6-10,16H,3-5,15H2,1-2H3. The molecule has 1 aliphatic rings. The Balaban J connectivity index is 2.43. The maximum Gasteiger partial charge on any atom is 0.282 e. The lowest BCUT2D eigenvalue weighted by Crippen LogP contribution is -2.47. The Bertz CT molecular complexity index is 551. The van der Waals surface area contributed by atoms with Gasteiger partial charge in [0.15, 0.2) is 0 Å². The fraction of sp³-hybridized carbons (Fsp3) is 0.500. The number of nitrogens with one attached hydrogen (secondary N) is 1. The third-order valence-corrected chi connectivity index (χ3v) is 4.02. The topological polar surface area (TPSA) is 102 Å². The average Bonchev–Trinajstić information content (AvgIpc) is 2.46. The van der Waals surface area contributed by atoms with Gasteiger partial charge in [-0.05, 0) is 45.2 Å². The molecule has 21 heavy (non-hydrogen) atoms. The average molecular weight is 292 g/mol. The summed E-state index contributed by atoms with van der Waals surface area (Å²) >= 11 is 0. The van der Waals surface area contributed by atoms with E-state index in [4.69, 9.17) is 5.84 Å². The summed E-state index contributed by atoms with van der Waals surface area (Å²) in [6, 6.07) is 4.39. The van der Waals surface area contributed by atoms with Gasteiger partial charge in [0.2, 0.25) is 0 Å². The fourth-order valence-corrected chi connectivity index (χ4v) is 2.92. The van der Waals surface area contributed by atoms with Gasteiger partial charge in [-0.3, -0.25) is 20.8 Å². The van der Waals surface area contributed by atoms with Crippen molar-refractivity contribution in [3.8, 4) is 0 Å². The van der Waals surface area contributed by atoms with Crippen molar-refractivity contribution in [3.05, 3.63) is 33.9 Å². The van der Waals surface area contributed by atoms with Crippen LogP contribution in [0.2, 0.25) is 0 Å². The first-order valence-corrected chi connectivity index (χ1v) is 7.03. The van der Waals surface area contributed by atoms with Crippen LogP contribution in [-0.4, -0.2) is 27.8 Å². The van der Waals surface area contributed by atoms with E-state index in [1.54, 1.807) is 4.90 Å². The second-order valence-electron chi connectivity index (χ2n) is 5.47. The highest BCUT2D eigenvalue weighted by Crippen LogP contribution is 2.29. The number of nitrogens with two attached hydrogens (primary N) is 1. The number of nitro groups is 1. The van der Waals surface area contributed by atoms with Crippen molar-refractivity contribution in [2.45, 2.75) is 45.2 Å². The lowest BCUT2D eigenvalue weighted by atomic mass is 9.96. The number of nitrogen functional groups attached to an aromatic ring is 1. The Hall–Kier alpha value is -2.15. The molecule has 1 aliphatic heterocycles. The molecule has 3 N–H and O–H groups in total. The number of hydrazine groups is 1. The zero-order valence-corrected chi connectivity index (χ0v) is 12.2. The van der Waals surface area contributed by atoms with Crippen LogP contribution in [0.5, 0.6) is 0 Å². The van der Waals surface area contributed by atoms with Crippen LogP contribution in [-0.2, 0) is 0 Å². The van der Waals surface area contributed by atoms with Crippen molar-refractivity contribution < 1.29 is 9.72 Å². The van der Waals surface area contributed by atoms with E-state index in [-0.39, 0.29) is 29.2 Å². The molecule has 0 radical (unpaired) electrons. The number of amides is 1. The smallest absolute Gasteiger partial charge is 0.282 e. The normalized spacial score (nSPS) is 22.0. The van der Waals surface area contributed by atoms with Crippen molar-refractivity contribution in [1.82, 2.24) is 4.90 Å². The van der Waals surface area contributed by atoms with Crippen LogP contribution >= 0.6 is 0 Å². The summed E-state index contributed by atoms with van der Waals surface area (Å²) in [7, 11) is 0. The Kier molecular flexibility index (Phi) is 4.42. The van der Waals surface area contributed by atoms with Crippen LogP contribution in [0.1, 0.15) is 43.5 Å². The van der Waals surface area contributed by atoms with Crippen molar-refractivity contribution in [2.24, 2.45) is 5.84 Å². The minimum absolute atomic E-state index is 0.0790. The number of piperidine rings is 1.